The van der Waals surface area contributed by atoms with Crippen molar-refractivity contribution in [2.75, 3.05) is 6.61 Å². The van der Waals surface area contributed by atoms with Crippen LogP contribution in [-0.2, 0) is 4.74 Å². The number of hydrogen-bond acceptors (Lipinski definition) is 5. The summed E-state index contributed by atoms with van der Waals surface area (Å²) in [6, 6.07) is 0. The molecule has 0 amide bonds. The minimum absolute atomic E-state index is 0.156. The van der Waals surface area contributed by atoms with Crippen LogP contribution in [0.15, 0.2) is 0 Å². The fourth-order valence-corrected chi connectivity index (χ4v) is 1.05. The summed E-state index contributed by atoms with van der Waals surface area (Å²) in [4.78, 5) is 0. The van der Waals surface area contributed by atoms with Crippen molar-refractivity contribution < 1.29 is 25.2 Å². The van der Waals surface area contributed by atoms with Crippen LogP contribution >= 0.6 is 0 Å². The van der Waals surface area contributed by atoms with Crippen LogP contribution in [0, 0.1) is 0 Å². The van der Waals surface area contributed by atoms with Gasteiger partial charge in [0.1, 0.15) is 12.2 Å². The molecule has 11 heavy (non-hydrogen) atoms. The molecule has 1 aliphatic heterocycles. The third kappa shape index (κ3) is 1.88. The van der Waals surface area contributed by atoms with Gasteiger partial charge in [0.15, 0.2) is 6.29 Å². The topological polar surface area (TPSA) is 90.2 Å². The van der Waals surface area contributed by atoms with Gasteiger partial charge >= 0.3 is 0 Å². The average Bonchev–Trinajstić information content (AvgIpc) is 2.31. The van der Waals surface area contributed by atoms with Gasteiger partial charge in [-0.15, -0.1) is 0 Å². The van der Waals surface area contributed by atoms with Crippen molar-refractivity contribution in [3.8, 4) is 0 Å². The van der Waals surface area contributed by atoms with Crippen molar-refractivity contribution in [3.63, 3.8) is 0 Å². The summed E-state index contributed by atoms with van der Waals surface area (Å²) < 4.78 is 4.72. The van der Waals surface area contributed by atoms with E-state index in [-0.39, 0.29) is 6.42 Å². The maximum Gasteiger partial charge on any atom is 0.181 e. The predicted octanol–water partition coefficient (Wildman–Crippen LogP) is -2.19. The monoisotopic (exact) mass is 164 g/mol. The zero-order valence-electron chi connectivity index (χ0n) is 5.92. The first-order valence-corrected chi connectivity index (χ1v) is 3.45. The molecule has 0 bridgehead atoms. The average molecular weight is 164 g/mol. The lowest BCUT2D eigenvalue weighted by atomic mass is 10.1. The van der Waals surface area contributed by atoms with Gasteiger partial charge in [-0.3, -0.25) is 0 Å². The highest BCUT2D eigenvalue weighted by molar-refractivity contribution is 4.80. The van der Waals surface area contributed by atoms with Crippen molar-refractivity contribution in [2.24, 2.45) is 0 Å². The maximum absolute atomic E-state index is 9.00. The Morgan fingerprint density at radius 1 is 1.45 bits per heavy atom. The SMILES string of the molecule is OCC(O)C1CC(O)C(O)O1. The lowest BCUT2D eigenvalue weighted by Gasteiger charge is -2.14. The first-order valence-electron chi connectivity index (χ1n) is 3.45. The van der Waals surface area contributed by atoms with E-state index >= 15 is 0 Å². The molecule has 1 heterocycles. The van der Waals surface area contributed by atoms with E-state index in [1.165, 1.54) is 0 Å². The smallest absolute Gasteiger partial charge is 0.181 e. The van der Waals surface area contributed by atoms with Crippen molar-refractivity contribution in [2.45, 2.75) is 31.0 Å². The van der Waals surface area contributed by atoms with Crippen molar-refractivity contribution in [1.82, 2.24) is 0 Å². The van der Waals surface area contributed by atoms with E-state index in [2.05, 4.69) is 0 Å². The number of aliphatic hydroxyl groups excluding tert-OH is 4. The summed E-state index contributed by atoms with van der Waals surface area (Å²) in [6.07, 6.45) is -3.72. The lowest BCUT2D eigenvalue weighted by molar-refractivity contribution is -0.149. The van der Waals surface area contributed by atoms with E-state index in [0.717, 1.165) is 0 Å². The number of rotatable bonds is 2. The molecule has 0 aromatic carbocycles. The quantitative estimate of drug-likeness (QED) is 0.372. The summed E-state index contributed by atoms with van der Waals surface area (Å²) in [7, 11) is 0. The minimum atomic E-state index is -1.24. The number of ether oxygens (including phenoxy) is 1. The van der Waals surface area contributed by atoms with E-state index in [1.807, 2.05) is 0 Å². The highest BCUT2D eigenvalue weighted by Crippen LogP contribution is 2.20. The van der Waals surface area contributed by atoms with Crippen LogP contribution < -0.4 is 0 Å². The summed E-state index contributed by atoms with van der Waals surface area (Å²) >= 11 is 0. The Kier molecular flexibility index (Phi) is 2.80. The molecule has 0 saturated carbocycles. The molecule has 1 rings (SSSR count). The van der Waals surface area contributed by atoms with E-state index in [9.17, 15) is 0 Å². The molecule has 0 aromatic rings. The van der Waals surface area contributed by atoms with Crippen LogP contribution in [0.5, 0.6) is 0 Å². The van der Waals surface area contributed by atoms with Gasteiger partial charge in [0.05, 0.1) is 12.7 Å². The molecule has 66 valence electrons. The molecule has 0 aliphatic carbocycles. The molecule has 0 spiro atoms. The van der Waals surface area contributed by atoms with E-state index < -0.39 is 31.2 Å². The van der Waals surface area contributed by atoms with Crippen LogP contribution in [0.1, 0.15) is 6.42 Å². The zero-order valence-corrected chi connectivity index (χ0v) is 5.92. The Hall–Kier alpha value is -0.200. The number of hydrogen-bond donors (Lipinski definition) is 4. The first kappa shape index (κ1) is 8.89. The fourth-order valence-electron chi connectivity index (χ4n) is 1.05. The van der Waals surface area contributed by atoms with Gasteiger partial charge in [0.2, 0.25) is 0 Å². The highest BCUT2D eigenvalue weighted by Gasteiger charge is 2.36. The molecular weight excluding hydrogens is 152 g/mol. The second-order valence-corrected chi connectivity index (χ2v) is 2.62. The predicted molar refractivity (Wildman–Crippen MR) is 34.6 cm³/mol. The van der Waals surface area contributed by atoms with Crippen molar-refractivity contribution in [1.29, 1.82) is 0 Å². The van der Waals surface area contributed by atoms with E-state index in [1.54, 1.807) is 0 Å². The van der Waals surface area contributed by atoms with Gasteiger partial charge in [-0.1, -0.05) is 0 Å². The van der Waals surface area contributed by atoms with Crippen molar-refractivity contribution >= 4 is 0 Å². The maximum atomic E-state index is 9.00. The Morgan fingerprint density at radius 2 is 2.09 bits per heavy atom. The second kappa shape index (κ2) is 3.46. The first-order chi connectivity index (χ1) is 5.15. The van der Waals surface area contributed by atoms with E-state index in [0.29, 0.717) is 0 Å². The van der Waals surface area contributed by atoms with Crippen LogP contribution in [0.2, 0.25) is 0 Å². The van der Waals surface area contributed by atoms with Gasteiger partial charge in [-0.25, -0.2) is 0 Å². The normalized spacial score (nSPS) is 40.9. The molecule has 4 unspecified atom stereocenters. The zero-order chi connectivity index (χ0) is 8.43. The van der Waals surface area contributed by atoms with Gasteiger partial charge in [0.25, 0.3) is 0 Å². The molecule has 4 N–H and O–H groups in total. The molecule has 0 radical (unpaired) electrons. The van der Waals surface area contributed by atoms with Crippen LogP contribution in [0.25, 0.3) is 0 Å². The van der Waals surface area contributed by atoms with Gasteiger partial charge < -0.3 is 25.2 Å². The largest absolute Gasteiger partial charge is 0.394 e. The lowest BCUT2D eigenvalue weighted by Crippen LogP contribution is -2.29. The van der Waals surface area contributed by atoms with Crippen LogP contribution in [0.3, 0.4) is 0 Å². The summed E-state index contributed by atoms with van der Waals surface area (Å²) in [5, 5.41) is 35.3. The Morgan fingerprint density at radius 3 is 2.45 bits per heavy atom. The Bertz CT molecular complexity index is 118. The molecule has 1 aliphatic rings. The minimum Gasteiger partial charge on any atom is -0.394 e. The summed E-state index contributed by atoms with van der Waals surface area (Å²) in [5.74, 6) is 0. The fraction of sp³-hybridized carbons (Fsp3) is 1.00. The summed E-state index contributed by atoms with van der Waals surface area (Å²) in [5.41, 5.74) is 0. The third-order valence-corrected chi connectivity index (χ3v) is 1.73. The van der Waals surface area contributed by atoms with Gasteiger partial charge in [-0.05, 0) is 0 Å². The van der Waals surface area contributed by atoms with Crippen LogP contribution in [0.4, 0.5) is 0 Å². The van der Waals surface area contributed by atoms with Gasteiger partial charge in [0, 0.05) is 6.42 Å². The Balaban J connectivity index is 2.40. The summed E-state index contributed by atoms with van der Waals surface area (Å²) in [6.45, 7) is -0.426. The molecule has 4 atom stereocenters. The molecular formula is C6H12O5. The molecule has 1 fully saturated rings. The molecule has 1 saturated heterocycles. The van der Waals surface area contributed by atoms with E-state index in [4.69, 9.17) is 25.2 Å². The third-order valence-electron chi connectivity index (χ3n) is 1.73. The second-order valence-electron chi connectivity index (χ2n) is 2.62. The highest BCUT2D eigenvalue weighted by atomic mass is 16.6. The van der Waals surface area contributed by atoms with Crippen molar-refractivity contribution in [3.05, 3.63) is 0 Å². The Labute approximate surface area is 63.8 Å². The standard InChI is InChI=1S/C6H12O5/c7-2-4(9)5-1-3(8)6(10)11-5/h3-10H,1-2H2. The van der Waals surface area contributed by atoms with Crippen LogP contribution in [-0.4, -0.2) is 51.6 Å². The molecule has 5 nitrogen and oxygen atoms in total. The van der Waals surface area contributed by atoms with Gasteiger partial charge in [-0.2, -0.15) is 0 Å². The molecule has 0 aromatic heterocycles. The molecule has 5 heteroatoms. The number of aliphatic hydroxyl groups is 4.